The Kier molecular flexibility index (Phi) is 7.31. The van der Waals surface area contributed by atoms with Gasteiger partial charge in [-0.05, 0) is 62.1 Å². The lowest BCUT2D eigenvalue weighted by Gasteiger charge is -2.29. The number of sulfonamides is 1. The van der Waals surface area contributed by atoms with Crippen molar-refractivity contribution in [2.45, 2.75) is 43.4 Å². The van der Waals surface area contributed by atoms with Gasteiger partial charge in [-0.2, -0.15) is 4.31 Å². The third-order valence-corrected chi connectivity index (χ3v) is 7.50. The van der Waals surface area contributed by atoms with E-state index in [-0.39, 0.29) is 34.1 Å². The molecule has 1 aliphatic heterocycles. The summed E-state index contributed by atoms with van der Waals surface area (Å²) in [7, 11) is -4.10. The molecule has 3 rings (SSSR count). The van der Waals surface area contributed by atoms with Crippen molar-refractivity contribution in [2.75, 3.05) is 18.4 Å². The number of amides is 1. The average molecular weight is 473 g/mol. The summed E-state index contributed by atoms with van der Waals surface area (Å²) in [4.78, 5) is 12.5. The van der Waals surface area contributed by atoms with Crippen molar-refractivity contribution < 1.29 is 27.1 Å². The topological polar surface area (TPSA) is 86.7 Å². The van der Waals surface area contributed by atoms with Gasteiger partial charge in [0.2, 0.25) is 10.0 Å². The number of anilines is 1. The fourth-order valence-corrected chi connectivity index (χ4v) is 5.30. The number of halogens is 3. The highest BCUT2D eigenvalue weighted by atomic mass is 35.5. The predicted octanol–water partition coefficient (Wildman–Crippen LogP) is 3.91. The Morgan fingerprint density at radius 2 is 1.97 bits per heavy atom. The van der Waals surface area contributed by atoms with Gasteiger partial charge in [-0.1, -0.05) is 17.7 Å². The fraction of sp³-hybridized carbons (Fsp3) is 0.381. The van der Waals surface area contributed by atoms with Gasteiger partial charge < -0.3 is 10.4 Å². The maximum absolute atomic E-state index is 14.3. The minimum Gasteiger partial charge on any atom is -0.390 e. The molecule has 2 unspecified atom stereocenters. The second-order valence-corrected chi connectivity index (χ2v) is 9.82. The lowest BCUT2D eigenvalue weighted by molar-refractivity contribution is 0.0499. The maximum Gasteiger partial charge on any atom is 0.255 e. The molecule has 0 aromatic heterocycles. The van der Waals surface area contributed by atoms with Gasteiger partial charge in [-0.25, -0.2) is 17.2 Å². The van der Waals surface area contributed by atoms with Crippen LogP contribution in [0.4, 0.5) is 14.5 Å². The minimum atomic E-state index is -4.10. The van der Waals surface area contributed by atoms with E-state index in [0.29, 0.717) is 18.4 Å². The summed E-state index contributed by atoms with van der Waals surface area (Å²) in [6.45, 7) is 1.26. The van der Waals surface area contributed by atoms with E-state index in [9.17, 15) is 27.1 Å². The van der Waals surface area contributed by atoms with Crippen LogP contribution >= 0.6 is 11.6 Å². The summed E-state index contributed by atoms with van der Waals surface area (Å²) < 4.78 is 55.1. The highest BCUT2D eigenvalue weighted by Gasteiger charge is 2.32. The highest BCUT2D eigenvalue weighted by Crippen LogP contribution is 2.26. The van der Waals surface area contributed by atoms with E-state index in [1.807, 2.05) is 0 Å². The molecule has 1 aliphatic rings. The van der Waals surface area contributed by atoms with Crippen LogP contribution in [0.2, 0.25) is 5.02 Å². The predicted molar refractivity (Wildman–Crippen MR) is 114 cm³/mol. The van der Waals surface area contributed by atoms with Crippen molar-refractivity contribution in [3.8, 4) is 0 Å². The van der Waals surface area contributed by atoms with Crippen LogP contribution in [0.25, 0.3) is 0 Å². The number of carbonyl (C=O) groups excluding carboxylic acids is 1. The molecule has 10 heteroatoms. The average Bonchev–Trinajstić information content (AvgIpc) is 2.71. The number of hydrogen-bond acceptors (Lipinski definition) is 4. The van der Waals surface area contributed by atoms with E-state index < -0.39 is 40.6 Å². The van der Waals surface area contributed by atoms with Crippen LogP contribution in [0.5, 0.6) is 0 Å². The second kappa shape index (κ2) is 9.60. The van der Waals surface area contributed by atoms with Gasteiger partial charge in [-0.15, -0.1) is 0 Å². The van der Waals surface area contributed by atoms with Crippen LogP contribution in [-0.2, 0) is 10.0 Å². The molecule has 6 nitrogen and oxygen atoms in total. The lowest BCUT2D eigenvalue weighted by atomic mass is 10.1. The Balaban J connectivity index is 1.88. The van der Waals surface area contributed by atoms with Gasteiger partial charge in [0, 0.05) is 24.3 Å². The number of benzene rings is 2. The normalized spacial score (nSPS) is 20.7. The highest BCUT2D eigenvalue weighted by molar-refractivity contribution is 7.89. The zero-order chi connectivity index (χ0) is 22.8. The van der Waals surface area contributed by atoms with Crippen LogP contribution in [-0.4, -0.2) is 49.1 Å². The number of nitrogens with zero attached hydrogens (tertiary/aromatic N) is 1. The van der Waals surface area contributed by atoms with Crippen molar-refractivity contribution in [1.82, 2.24) is 4.31 Å². The number of aliphatic hydroxyl groups excluding tert-OH is 1. The van der Waals surface area contributed by atoms with Crippen LogP contribution in [0.1, 0.15) is 35.2 Å². The van der Waals surface area contributed by atoms with Crippen LogP contribution in [0, 0.1) is 12.7 Å². The molecule has 1 amide bonds. The molecule has 31 heavy (non-hydrogen) atoms. The molecule has 2 aromatic carbocycles. The Bertz CT molecular complexity index is 1080. The molecule has 2 atom stereocenters. The summed E-state index contributed by atoms with van der Waals surface area (Å²) >= 11 is 5.72. The number of carbonyl (C=O) groups is 1. The number of hydrogen-bond donors (Lipinski definition) is 2. The van der Waals surface area contributed by atoms with Gasteiger partial charge >= 0.3 is 0 Å². The maximum atomic E-state index is 14.3. The number of rotatable bonds is 4. The smallest absolute Gasteiger partial charge is 0.255 e. The summed E-state index contributed by atoms with van der Waals surface area (Å²) in [5.41, 5.74) is 0.715. The van der Waals surface area contributed by atoms with E-state index in [1.54, 1.807) is 6.92 Å². The monoisotopic (exact) mass is 472 g/mol. The molecule has 2 aromatic rings. The first kappa shape index (κ1) is 23.6. The molecule has 2 N–H and O–H groups in total. The Hall–Kier alpha value is -2.07. The molecule has 0 aliphatic carbocycles. The van der Waals surface area contributed by atoms with E-state index in [2.05, 4.69) is 5.32 Å². The van der Waals surface area contributed by atoms with E-state index in [0.717, 1.165) is 10.4 Å². The largest absolute Gasteiger partial charge is 0.390 e. The zero-order valence-electron chi connectivity index (χ0n) is 16.8. The van der Waals surface area contributed by atoms with Gasteiger partial charge in [-0.3, -0.25) is 4.79 Å². The molecule has 0 bridgehead atoms. The Morgan fingerprint density at radius 1 is 1.23 bits per heavy atom. The SMILES string of the molecule is Cc1ccc(C(=O)Nc2ccc(F)c(Cl)c2)cc1S(=O)(=O)N1CCCCC(O)C(F)C1. The van der Waals surface area contributed by atoms with Crippen LogP contribution in [0.3, 0.4) is 0 Å². The molecule has 0 radical (unpaired) electrons. The van der Waals surface area contributed by atoms with Crippen LogP contribution in [0.15, 0.2) is 41.3 Å². The van der Waals surface area contributed by atoms with E-state index in [4.69, 9.17) is 11.6 Å². The third-order valence-electron chi connectivity index (χ3n) is 5.20. The summed E-state index contributed by atoms with van der Waals surface area (Å²) in [6, 6.07) is 7.86. The minimum absolute atomic E-state index is 0.0634. The van der Waals surface area contributed by atoms with Gasteiger partial charge in [0.15, 0.2) is 0 Å². The third kappa shape index (κ3) is 5.41. The number of nitrogens with one attached hydrogen (secondary N) is 1. The lowest BCUT2D eigenvalue weighted by Crippen LogP contribution is -2.42. The zero-order valence-corrected chi connectivity index (χ0v) is 18.4. The van der Waals surface area contributed by atoms with Crippen molar-refractivity contribution >= 4 is 33.2 Å². The summed E-state index contributed by atoms with van der Waals surface area (Å²) in [6.07, 6.45) is -1.61. The van der Waals surface area contributed by atoms with E-state index >= 15 is 0 Å². The van der Waals surface area contributed by atoms with Gasteiger partial charge in [0.05, 0.1) is 16.0 Å². The molecule has 1 fully saturated rings. The quantitative estimate of drug-likeness (QED) is 0.706. The molecular weight excluding hydrogens is 450 g/mol. The van der Waals surface area contributed by atoms with Crippen molar-refractivity contribution in [3.63, 3.8) is 0 Å². The number of aryl methyl sites for hydroxylation is 1. The number of alkyl halides is 1. The molecule has 0 saturated carbocycles. The standard InChI is InChI=1S/C21H23ClF2N2O4S/c1-13-5-6-14(21(28)25-15-7-8-17(23)16(22)11-15)10-20(13)31(29,30)26-9-3-2-4-19(27)18(24)12-26/h5-8,10-11,18-19,27H,2-4,9,12H2,1H3,(H,25,28). The van der Waals surface area contributed by atoms with Crippen molar-refractivity contribution in [2.24, 2.45) is 0 Å². The summed E-state index contributed by atoms with van der Waals surface area (Å²) in [5, 5.41) is 12.2. The molecule has 1 heterocycles. The van der Waals surface area contributed by atoms with Crippen molar-refractivity contribution in [1.29, 1.82) is 0 Å². The molecule has 168 valence electrons. The Labute approximate surface area is 184 Å². The molecule has 1 saturated heterocycles. The van der Waals surface area contributed by atoms with Gasteiger partial charge in [0.1, 0.15) is 12.0 Å². The van der Waals surface area contributed by atoms with E-state index in [1.165, 1.54) is 30.3 Å². The fourth-order valence-electron chi connectivity index (χ4n) is 3.38. The van der Waals surface area contributed by atoms with Gasteiger partial charge in [0.25, 0.3) is 5.91 Å². The van der Waals surface area contributed by atoms with Crippen LogP contribution < -0.4 is 5.32 Å². The molecular formula is C21H23ClF2N2O4S. The molecule has 0 spiro atoms. The number of aliphatic hydroxyl groups is 1. The van der Waals surface area contributed by atoms with Crippen molar-refractivity contribution in [3.05, 3.63) is 58.4 Å². The summed E-state index contributed by atoms with van der Waals surface area (Å²) in [5.74, 6) is -1.24. The first-order valence-corrected chi connectivity index (χ1v) is 11.6. The Morgan fingerprint density at radius 3 is 2.68 bits per heavy atom. The second-order valence-electron chi connectivity index (χ2n) is 7.51. The first-order valence-electron chi connectivity index (χ1n) is 9.79. The first-order chi connectivity index (χ1) is 14.6.